The lowest BCUT2D eigenvalue weighted by atomic mass is 10.2. The van der Waals surface area contributed by atoms with Crippen LogP contribution in [0.3, 0.4) is 0 Å². The van der Waals surface area contributed by atoms with Crippen molar-refractivity contribution in [2.75, 3.05) is 17.7 Å². The molecule has 1 heterocycles. The first-order chi connectivity index (χ1) is 9.58. The molecule has 0 spiro atoms. The molecule has 1 amide bonds. The molecule has 0 aliphatic rings. The molecule has 106 valence electrons. The van der Waals surface area contributed by atoms with Crippen LogP contribution in [0.25, 0.3) is 0 Å². The van der Waals surface area contributed by atoms with E-state index in [0.717, 1.165) is 14.9 Å². The van der Waals surface area contributed by atoms with Crippen LogP contribution in [0.2, 0.25) is 4.34 Å². The van der Waals surface area contributed by atoms with Gasteiger partial charge in [0.15, 0.2) is 0 Å². The van der Waals surface area contributed by atoms with Crippen molar-refractivity contribution in [3.05, 3.63) is 45.6 Å². The Bertz CT molecular complexity index is 600. The van der Waals surface area contributed by atoms with Crippen LogP contribution in [0.15, 0.2) is 36.4 Å². The average molecular weight is 311 g/mol. The van der Waals surface area contributed by atoms with E-state index in [0.29, 0.717) is 5.69 Å². The number of nitrogens with one attached hydrogen (secondary N) is 2. The van der Waals surface area contributed by atoms with E-state index in [4.69, 9.17) is 11.6 Å². The lowest BCUT2D eigenvalue weighted by Crippen LogP contribution is -2.11. The molecule has 4 nitrogen and oxygen atoms in total. The van der Waals surface area contributed by atoms with Crippen LogP contribution in [-0.4, -0.2) is 13.2 Å². The van der Waals surface area contributed by atoms with Crippen LogP contribution < -0.4 is 10.6 Å². The van der Waals surface area contributed by atoms with E-state index in [1.807, 2.05) is 30.3 Å². The molecule has 0 bridgehead atoms. The fraction of sp³-hybridized carbons (Fsp3) is 0.214. The van der Waals surface area contributed by atoms with Crippen LogP contribution in [0.5, 0.6) is 0 Å². The first-order valence-corrected chi connectivity index (χ1v) is 7.24. The Morgan fingerprint density at radius 1 is 1.30 bits per heavy atom. The molecule has 2 aromatic rings. The summed E-state index contributed by atoms with van der Waals surface area (Å²) in [6.45, 7) is 2.06. The van der Waals surface area contributed by atoms with Gasteiger partial charge in [-0.2, -0.15) is 0 Å². The van der Waals surface area contributed by atoms with Crippen LogP contribution in [0.1, 0.15) is 17.8 Å². The maximum Gasteiger partial charge on any atom is 0.411 e. The topological polar surface area (TPSA) is 50.4 Å². The van der Waals surface area contributed by atoms with Crippen molar-refractivity contribution >= 4 is 40.4 Å². The van der Waals surface area contributed by atoms with E-state index in [1.54, 1.807) is 17.4 Å². The monoisotopic (exact) mass is 310 g/mol. The summed E-state index contributed by atoms with van der Waals surface area (Å²) in [5, 5.41) is 5.99. The number of carbonyl (C=O) groups excluding carboxylic acids is 1. The number of amides is 1. The number of carbonyl (C=O) groups is 1. The lowest BCUT2D eigenvalue weighted by molar-refractivity contribution is 0.187. The summed E-state index contributed by atoms with van der Waals surface area (Å²) in [5.41, 5.74) is 1.59. The second-order valence-electron chi connectivity index (χ2n) is 4.21. The maximum absolute atomic E-state index is 11.2. The summed E-state index contributed by atoms with van der Waals surface area (Å²) < 4.78 is 5.34. The fourth-order valence-electron chi connectivity index (χ4n) is 1.74. The second kappa shape index (κ2) is 6.63. The van der Waals surface area contributed by atoms with Crippen LogP contribution >= 0.6 is 22.9 Å². The standard InChI is InChI=1S/C14H15ClN2O2S/c1-9(12-6-7-13(15)20-12)16-10-4-3-5-11(8-10)17-14(18)19-2/h3-9,16H,1-2H3,(H,17,18). The van der Waals surface area contributed by atoms with Gasteiger partial charge in [-0.25, -0.2) is 4.79 Å². The van der Waals surface area contributed by atoms with Crippen LogP contribution in [0, 0.1) is 0 Å². The summed E-state index contributed by atoms with van der Waals surface area (Å²) in [7, 11) is 1.33. The lowest BCUT2D eigenvalue weighted by Gasteiger charge is -2.14. The zero-order valence-electron chi connectivity index (χ0n) is 11.1. The molecule has 2 rings (SSSR count). The van der Waals surface area contributed by atoms with Gasteiger partial charge in [0.25, 0.3) is 0 Å². The Morgan fingerprint density at radius 3 is 2.70 bits per heavy atom. The summed E-state index contributed by atoms with van der Waals surface area (Å²) in [4.78, 5) is 12.3. The average Bonchev–Trinajstić information content (AvgIpc) is 2.86. The molecule has 6 heteroatoms. The summed E-state index contributed by atoms with van der Waals surface area (Å²) in [6.07, 6.45) is -0.486. The molecule has 0 saturated heterocycles. The molecule has 0 saturated carbocycles. The van der Waals surface area contributed by atoms with Gasteiger partial charge in [-0.3, -0.25) is 5.32 Å². The minimum atomic E-state index is -0.486. The van der Waals surface area contributed by atoms with Gasteiger partial charge in [-0.15, -0.1) is 11.3 Å². The number of anilines is 2. The van der Waals surface area contributed by atoms with E-state index in [1.165, 1.54) is 7.11 Å². The molecule has 1 aromatic carbocycles. The van der Waals surface area contributed by atoms with Gasteiger partial charge in [0.05, 0.1) is 17.5 Å². The number of methoxy groups -OCH3 is 1. The predicted molar refractivity (Wildman–Crippen MR) is 83.8 cm³/mol. The highest BCUT2D eigenvalue weighted by atomic mass is 35.5. The number of hydrogen-bond acceptors (Lipinski definition) is 4. The minimum Gasteiger partial charge on any atom is -0.453 e. The number of hydrogen-bond donors (Lipinski definition) is 2. The van der Waals surface area contributed by atoms with Gasteiger partial charge in [-0.05, 0) is 37.3 Å². The molecule has 2 N–H and O–H groups in total. The quantitative estimate of drug-likeness (QED) is 0.856. The molecule has 0 fully saturated rings. The Morgan fingerprint density at radius 2 is 2.05 bits per heavy atom. The molecule has 20 heavy (non-hydrogen) atoms. The van der Waals surface area contributed by atoms with Crippen molar-refractivity contribution in [3.8, 4) is 0 Å². The maximum atomic E-state index is 11.2. The minimum absolute atomic E-state index is 0.140. The SMILES string of the molecule is COC(=O)Nc1cccc(NC(C)c2ccc(Cl)s2)c1. The number of thiophene rings is 1. The Balaban J connectivity index is 2.05. The Labute approximate surface area is 126 Å². The normalized spacial score (nSPS) is 11.8. The number of benzene rings is 1. The predicted octanol–water partition coefficient (Wildman–Crippen LogP) is 4.75. The molecule has 1 unspecified atom stereocenters. The largest absolute Gasteiger partial charge is 0.453 e. The number of rotatable bonds is 4. The third kappa shape index (κ3) is 3.88. The van der Waals surface area contributed by atoms with Crippen molar-refractivity contribution < 1.29 is 9.53 Å². The van der Waals surface area contributed by atoms with E-state index in [2.05, 4.69) is 22.3 Å². The molecule has 0 aliphatic heterocycles. The van der Waals surface area contributed by atoms with Crippen molar-refractivity contribution in [1.29, 1.82) is 0 Å². The highest BCUT2D eigenvalue weighted by molar-refractivity contribution is 7.16. The van der Waals surface area contributed by atoms with Crippen LogP contribution in [0.4, 0.5) is 16.2 Å². The van der Waals surface area contributed by atoms with Crippen molar-refractivity contribution in [2.45, 2.75) is 13.0 Å². The van der Waals surface area contributed by atoms with E-state index >= 15 is 0 Å². The number of ether oxygens (including phenoxy) is 1. The molecule has 0 aliphatic carbocycles. The zero-order chi connectivity index (χ0) is 14.5. The van der Waals surface area contributed by atoms with Crippen molar-refractivity contribution in [2.24, 2.45) is 0 Å². The molecule has 1 aromatic heterocycles. The van der Waals surface area contributed by atoms with Crippen molar-refractivity contribution in [3.63, 3.8) is 0 Å². The van der Waals surface area contributed by atoms with Crippen LogP contribution in [-0.2, 0) is 4.74 Å². The second-order valence-corrected chi connectivity index (χ2v) is 5.95. The highest BCUT2D eigenvalue weighted by Crippen LogP contribution is 2.29. The van der Waals surface area contributed by atoms with Gasteiger partial charge in [-0.1, -0.05) is 17.7 Å². The fourth-order valence-corrected chi connectivity index (χ4v) is 2.80. The Hall–Kier alpha value is -1.72. The van der Waals surface area contributed by atoms with Gasteiger partial charge < -0.3 is 10.1 Å². The third-order valence-electron chi connectivity index (χ3n) is 2.70. The smallest absolute Gasteiger partial charge is 0.411 e. The van der Waals surface area contributed by atoms with Crippen molar-refractivity contribution in [1.82, 2.24) is 0 Å². The third-order valence-corrected chi connectivity index (χ3v) is 4.11. The zero-order valence-corrected chi connectivity index (χ0v) is 12.7. The summed E-state index contributed by atoms with van der Waals surface area (Å²) >= 11 is 7.48. The van der Waals surface area contributed by atoms with Gasteiger partial charge in [0.2, 0.25) is 0 Å². The highest BCUT2D eigenvalue weighted by Gasteiger charge is 2.09. The molecular weight excluding hydrogens is 296 g/mol. The van der Waals surface area contributed by atoms with Gasteiger partial charge in [0, 0.05) is 16.3 Å². The van der Waals surface area contributed by atoms with E-state index in [9.17, 15) is 4.79 Å². The Kier molecular flexibility index (Phi) is 4.87. The summed E-state index contributed by atoms with van der Waals surface area (Å²) in [5.74, 6) is 0. The van der Waals surface area contributed by atoms with E-state index in [-0.39, 0.29) is 6.04 Å². The summed E-state index contributed by atoms with van der Waals surface area (Å²) in [6, 6.07) is 11.5. The van der Waals surface area contributed by atoms with Gasteiger partial charge >= 0.3 is 6.09 Å². The molecule has 0 radical (unpaired) electrons. The first kappa shape index (κ1) is 14.7. The molecular formula is C14H15ClN2O2S. The molecule has 1 atom stereocenters. The van der Waals surface area contributed by atoms with E-state index < -0.39 is 6.09 Å². The van der Waals surface area contributed by atoms with Gasteiger partial charge in [0.1, 0.15) is 0 Å². The first-order valence-electron chi connectivity index (χ1n) is 6.05. The number of halogens is 1.